The molecule has 1 amide bonds. The molecule has 0 spiro atoms. The van der Waals surface area contributed by atoms with Crippen LogP contribution in [0.5, 0.6) is 11.5 Å². The molecule has 0 aliphatic carbocycles. The van der Waals surface area contributed by atoms with E-state index >= 15 is 0 Å². The summed E-state index contributed by atoms with van der Waals surface area (Å²) in [5.41, 5.74) is 2.37. The predicted molar refractivity (Wildman–Crippen MR) is 110 cm³/mol. The van der Waals surface area contributed by atoms with Gasteiger partial charge in [0.25, 0.3) is 5.91 Å². The van der Waals surface area contributed by atoms with Crippen LogP contribution in [0.4, 0.5) is 0 Å². The van der Waals surface area contributed by atoms with E-state index < -0.39 is 0 Å². The van der Waals surface area contributed by atoms with Crippen LogP contribution in [0.25, 0.3) is 0 Å². The first kappa shape index (κ1) is 18.4. The van der Waals surface area contributed by atoms with E-state index in [2.05, 4.69) is 15.6 Å². The van der Waals surface area contributed by atoms with Crippen LogP contribution in [0.15, 0.2) is 91.1 Å². The van der Waals surface area contributed by atoms with Gasteiger partial charge in [-0.1, -0.05) is 53.7 Å². The smallest absolute Gasteiger partial charge is 0.251 e. The summed E-state index contributed by atoms with van der Waals surface area (Å²) in [5.74, 6) is 1.43. The molecule has 0 aliphatic heterocycles. The number of hydrogen-bond acceptors (Lipinski definition) is 4. The van der Waals surface area contributed by atoms with E-state index in [1.807, 2.05) is 79.0 Å². The second kappa shape index (κ2) is 8.84. The van der Waals surface area contributed by atoms with Crippen LogP contribution in [-0.2, 0) is 13.1 Å². The maximum Gasteiger partial charge on any atom is 0.251 e. The third kappa shape index (κ3) is 5.07. The zero-order valence-electron chi connectivity index (χ0n) is 15.7. The van der Waals surface area contributed by atoms with E-state index in [0.29, 0.717) is 24.3 Å². The molecule has 1 aromatic heterocycles. The van der Waals surface area contributed by atoms with Gasteiger partial charge in [0.1, 0.15) is 17.2 Å². The van der Waals surface area contributed by atoms with E-state index in [1.54, 1.807) is 16.8 Å². The van der Waals surface area contributed by atoms with Crippen LogP contribution in [0.1, 0.15) is 21.6 Å². The fourth-order valence-electron chi connectivity index (χ4n) is 2.88. The van der Waals surface area contributed by atoms with Gasteiger partial charge in [0.2, 0.25) is 0 Å². The molecule has 0 atom stereocenters. The first-order valence-corrected chi connectivity index (χ1v) is 9.30. The number of hydrogen-bond donors (Lipinski definition) is 1. The molecule has 144 valence electrons. The summed E-state index contributed by atoms with van der Waals surface area (Å²) in [6.07, 6.45) is 1.83. The first-order chi connectivity index (χ1) is 14.3. The van der Waals surface area contributed by atoms with Gasteiger partial charge in [0.15, 0.2) is 0 Å². The van der Waals surface area contributed by atoms with Crippen molar-refractivity contribution in [1.29, 1.82) is 0 Å². The van der Waals surface area contributed by atoms with Crippen LogP contribution in [0.2, 0.25) is 0 Å². The van der Waals surface area contributed by atoms with Gasteiger partial charge in [-0.25, -0.2) is 4.68 Å². The molecule has 4 rings (SSSR count). The minimum atomic E-state index is -0.133. The summed E-state index contributed by atoms with van der Waals surface area (Å²) in [5, 5.41) is 11.1. The Balaban J connectivity index is 1.35. The van der Waals surface area contributed by atoms with Gasteiger partial charge in [0.05, 0.1) is 19.3 Å². The SMILES string of the molecule is O=C(NCc1cn(Cc2cccc(Oc3ccccc3)c2)nn1)c1ccccc1. The lowest BCUT2D eigenvalue weighted by Gasteiger charge is -2.07. The van der Waals surface area contributed by atoms with Gasteiger partial charge in [0, 0.05) is 5.56 Å². The zero-order chi connectivity index (χ0) is 19.9. The standard InChI is InChI=1S/C23H20N4O2/c28-23(19-9-3-1-4-10-19)24-15-20-17-27(26-25-20)16-18-8-7-13-22(14-18)29-21-11-5-2-6-12-21/h1-14,17H,15-16H2,(H,24,28). The monoisotopic (exact) mass is 384 g/mol. The third-order valence-electron chi connectivity index (χ3n) is 4.27. The van der Waals surface area contributed by atoms with Gasteiger partial charge >= 0.3 is 0 Å². The summed E-state index contributed by atoms with van der Waals surface area (Å²) in [6.45, 7) is 0.885. The Morgan fingerprint density at radius 3 is 2.41 bits per heavy atom. The molecule has 1 heterocycles. The summed E-state index contributed by atoms with van der Waals surface area (Å²) >= 11 is 0. The highest BCUT2D eigenvalue weighted by molar-refractivity contribution is 5.94. The average molecular weight is 384 g/mol. The van der Waals surface area contributed by atoms with Crippen LogP contribution >= 0.6 is 0 Å². The number of ether oxygens (including phenoxy) is 1. The quantitative estimate of drug-likeness (QED) is 0.522. The maximum atomic E-state index is 12.1. The fourth-order valence-corrected chi connectivity index (χ4v) is 2.88. The highest BCUT2D eigenvalue weighted by atomic mass is 16.5. The minimum Gasteiger partial charge on any atom is -0.457 e. The van der Waals surface area contributed by atoms with Crippen LogP contribution < -0.4 is 10.1 Å². The number of benzene rings is 3. The number of nitrogens with zero attached hydrogens (tertiary/aromatic N) is 3. The number of carbonyl (C=O) groups excluding carboxylic acids is 1. The lowest BCUT2D eigenvalue weighted by atomic mass is 10.2. The van der Waals surface area contributed by atoms with E-state index in [0.717, 1.165) is 17.1 Å². The van der Waals surface area contributed by atoms with E-state index in [1.165, 1.54) is 0 Å². The zero-order valence-corrected chi connectivity index (χ0v) is 15.7. The number of para-hydroxylation sites is 1. The Morgan fingerprint density at radius 2 is 1.62 bits per heavy atom. The topological polar surface area (TPSA) is 69.0 Å². The van der Waals surface area contributed by atoms with Gasteiger partial charge < -0.3 is 10.1 Å². The van der Waals surface area contributed by atoms with E-state index in [-0.39, 0.29) is 5.91 Å². The summed E-state index contributed by atoms with van der Waals surface area (Å²) in [4.78, 5) is 12.1. The summed E-state index contributed by atoms with van der Waals surface area (Å²) in [7, 11) is 0. The molecule has 0 unspecified atom stereocenters. The molecule has 6 nitrogen and oxygen atoms in total. The van der Waals surface area contributed by atoms with Crippen molar-refractivity contribution in [2.75, 3.05) is 0 Å². The number of amides is 1. The van der Waals surface area contributed by atoms with Crippen LogP contribution in [0, 0.1) is 0 Å². The van der Waals surface area contributed by atoms with Crippen molar-refractivity contribution >= 4 is 5.91 Å². The first-order valence-electron chi connectivity index (χ1n) is 9.30. The summed E-state index contributed by atoms with van der Waals surface area (Å²) < 4.78 is 7.62. The van der Waals surface area contributed by atoms with Crippen molar-refractivity contribution in [3.05, 3.63) is 108 Å². The molecule has 6 heteroatoms. The highest BCUT2D eigenvalue weighted by Gasteiger charge is 2.07. The predicted octanol–water partition coefficient (Wildman–Crippen LogP) is 4.05. The van der Waals surface area contributed by atoms with E-state index in [9.17, 15) is 4.79 Å². The Bertz CT molecular complexity index is 1080. The second-order valence-corrected chi connectivity index (χ2v) is 6.52. The molecular formula is C23H20N4O2. The number of nitrogens with one attached hydrogen (secondary N) is 1. The van der Waals surface area contributed by atoms with Crippen LogP contribution in [-0.4, -0.2) is 20.9 Å². The third-order valence-corrected chi connectivity index (χ3v) is 4.27. The minimum absolute atomic E-state index is 0.133. The van der Waals surface area contributed by atoms with Crippen molar-refractivity contribution in [2.45, 2.75) is 13.1 Å². The lowest BCUT2D eigenvalue weighted by Crippen LogP contribution is -2.22. The molecule has 0 aliphatic rings. The molecule has 29 heavy (non-hydrogen) atoms. The molecule has 0 fully saturated rings. The summed E-state index contributed by atoms with van der Waals surface area (Å²) in [6, 6.07) is 26.6. The Hall–Kier alpha value is -3.93. The lowest BCUT2D eigenvalue weighted by molar-refractivity contribution is 0.0950. The van der Waals surface area contributed by atoms with Gasteiger partial charge in [-0.2, -0.15) is 0 Å². The normalized spacial score (nSPS) is 10.5. The van der Waals surface area contributed by atoms with Gasteiger partial charge in [-0.05, 0) is 42.0 Å². The van der Waals surface area contributed by atoms with Crippen molar-refractivity contribution < 1.29 is 9.53 Å². The Labute approximate surface area is 168 Å². The number of aromatic nitrogens is 3. The maximum absolute atomic E-state index is 12.1. The largest absolute Gasteiger partial charge is 0.457 e. The second-order valence-electron chi connectivity index (χ2n) is 6.52. The molecule has 0 saturated carbocycles. The Kier molecular flexibility index (Phi) is 5.62. The van der Waals surface area contributed by atoms with Crippen molar-refractivity contribution in [2.24, 2.45) is 0 Å². The van der Waals surface area contributed by atoms with Gasteiger partial charge in [-0.15, -0.1) is 5.10 Å². The average Bonchev–Trinajstić information content (AvgIpc) is 3.21. The van der Waals surface area contributed by atoms with Crippen molar-refractivity contribution in [3.8, 4) is 11.5 Å². The number of rotatable bonds is 7. The van der Waals surface area contributed by atoms with E-state index in [4.69, 9.17) is 4.74 Å². The molecular weight excluding hydrogens is 364 g/mol. The fraction of sp³-hybridized carbons (Fsp3) is 0.0870. The highest BCUT2D eigenvalue weighted by Crippen LogP contribution is 2.22. The van der Waals surface area contributed by atoms with Crippen molar-refractivity contribution in [1.82, 2.24) is 20.3 Å². The molecule has 0 saturated heterocycles. The van der Waals surface area contributed by atoms with Crippen LogP contribution in [0.3, 0.4) is 0 Å². The van der Waals surface area contributed by atoms with Gasteiger partial charge in [-0.3, -0.25) is 4.79 Å². The molecule has 0 bridgehead atoms. The molecule has 0 radical (unpaired) electrons. The molecule has 3 aromatic carbocycles. The molecule has 4 aromatic rings. The number of carbonyl (C=O) groups is 1. The Morgan fingerprint density at radius 1 is 0.897 bits per heavy atom. The molecule has 1 N–H and O–H groups in total. The van der Waals surface area contributed by atoms with Crippen molar-refractivity contribution in [3.63, 3.8) is 0 Å².